The van der Waals surface area contributed by atoms with Gasteiger partial charge < -0.3 is 4.98 Å². The van der Waals surface area contributed by atoms with Crippen molar-refractivity contribution in [1.29, 1.82) is 0 Å². The number of rotatable bonds is 0. The standard InChI is InChI=1S/C4H5N/c1-2-4-5-3-1/h1-5H/i1D. The first-order valence-corrected chi connectivity index (χ1v) is 1.49. The minimum atomic E-state index is 0.537. The first-order chi connectivity index (χ1) is 2.89. The van der Waals surface area contributed by atoms with E-state index in [-0.39, 0.29) is 0 Å². The summed E-state index contributed by atoms with van der Waals surface area (Å²) in [6, 6.07) is 2.23. The summed E-state index contributed by atoms with van der Waals surface area (Å²) in [5, 5.41) is 0. The molecule has 0 unspecified atom stereocenters. The van der Waals surface area contributed by atoms with E-state index in [1.165, 1.54) is 0 Å². The van der Waals surface area contributed by atoms with Crippen molar-refractivity contribution in [3.8, 4) is 0 Å². The number of aromatic nitrogens is 1. The summed E-state index contributed by atoms with van der Waals surface area (Å²) in [4.78, 5) is 2.74. The molecule has 0 aliphatic rings. The Morgan fingerprint density at radius 1 is 1.60 bits per heavy atom. The second kappa shape index (κ2) is 0.931. The van der Waals surface area contributed by atoms with Crippen molar-refractivity contribution >= 4 is 0 Å². The summed E-state index contributed by atoms with van der Waals surface area (Å²) >= 11 is 0. The molecule has 0 fully saturated rings. The minimum absolute atomic E-state index is 0.537. The third-order valence-electron chi connectivity index (χ3n) is 0.442. The summed E-state index contributed by atoms with van der Waals surface area (Å²) in [6.07, 6.45) is 3.35. The highest BCUT2D eigenvalue weighted by atomic mass is 14.6. The quantitative estimate of drug-likeness (QED) is 0.467. The van der Waals surface area contributed by atoms with Gasteiger partial charge in [-0.1, -0.05) is 0 Å². The molecule has 0 amide bonds. The van der Waals surface area contributed by atoms with Crippen LogP contribution < -0.4 is 0 Å². The number of aromatic amines is 1. The third kappa shape index (κ3) is 0.293. The van der Waals surface area contributed by atoms with Crippen LogP contribution in [0.25, 0.3) is 0 Å². The van der Waals surface area contributed by atoms with E-state index < -0.39 is 0 Å². The average Bonchev–Trinajstić information content (AvgIpc) is 1.86. The topological polar surface area (TPSA) is 15.8 Å². The van der Waals surface area contributed by atoms with Crippen molar-refractivity contribution < 1.29 is 1.37 Å². The third-order valence-corrected chi connectivity index (χ3v) is 0.442. The van der Waals surface area contributed by atoms with Crippen molar-refractivity contribution in [2.24, 2.45) is 0 Å². The van der Waals surface area contributed by atoms with Gasteiger partial charge in [-0.05, 0) is 12.1 Å². The van der Waals surface area contributed by atoms with E-state index in [4.69, 9.17) is 1.37 Å². The molecule has 0 atom stereocenters. The molecule has 26 valence electrons. The van der Waals surface area contributed by atoms with E-state index >= 15 is 0 Å². The molecule has 0 radical (unpaired) electrons. The van der Waals surface area contributed by atoms with Gasteiger partial charge in [-0.3, -0.25) is 0 Å². The largest absolute Gasteiger partial charge is 0.368 e. The van der Waals surface area contributed by atoms with Crippen LogP contribution in [0, 0.1) is 0 Å². The van der Waals surface area contributed by atoms with Gasteiger partial charge in [0, 0.05) is 12.4 Å². The molecule has 0 bridgehead atoms. The molecule has 0 saturated heterocycles. The first-order valence-electron chi connectivity index (χ1n) is 1.99. The van der Waals surface area contributed by atoms with E-state index in [0.717, 1.165) is 0 Å². The fourth-order valence-electron chi connectivity index (χ4n) is 0.241. The molecule has 1 heterocycles. The molecule has 1 rings (SSSR count). The van der Waals surface area contributed by atoms with Gasteiger partial charge in [0.05, 0.1) is 1.37 Å². The van der Waals surface area contributed by atoms with Gasteiger partial charge >= 0.3 is 0 Å². The highest BCUT2D eigenvalue weighted by Gasteiger charge is 1.55. The first kappa shape index (κ1) is 1.65. The van der Waals surface area contributed by atoms with Gasteiger partial charge in [-0.2, -0.15) is 0 Å². The molecular weight excluding hydrogens is 62.1 g/mol. The maximum Gasteiger partial charge on any atom is 0.0639 e. The molecule has 1 N–H and O–H groups in total. The van der Waals surface area contributed by atoms with E-state index in [9.17, 15) is 0 Å². The molecule has 5 heavy (non-hydrogen) atoms. The Labute approximate surface area is 32.0 Å². The van der Waals surface area contributed by atoms with Gasteiger partial charge in [0.15, 0.2) is 0 Å². The van der Waals surface area contributed by atoms with Crippen LogP contribution in [0.5, 0.6) is 0 Å². The monoisotopic (exact) mass is 68.0 g/mol. The summed E-state index contributed by atoms with van der Waals surface area (Å²) in [7, 11) is 0. The zero-order valence-electron chi connectivity index (χ0n) is 3.73. The fraction of sp³-hybridized carbons (Fsp3) is 0. The Hall–Kier alpha value is -0.720. The van der Waals surface area contributed by atoms with Crippen molar-refractivity contribution in [2.75, 3.05) is 0 Å². The van der Waals surface area contributed by atoms with E-state index in [1.54, 1.807) is 18.5 Å². The molecule has 0 aliphatic carbocycles. The molecule has 1 aromatic heterocycles. The van der Waals surface area contributed by atoms with Crippen LogP contribution in [0.2, 0.25) is 0 Å². The SMILES string of the molecule is [2H]c1cc[nH]c1. The molecule has 1 heteroatoms. The number of H-pyrrole nitrogens is 1. The zero-order valence-corrected chi connectivity index (χ0v) is 2.73. The minimum Gasteiger partial charge on any atom is -0.368 e. The van der Waals surface area contributed by atoms with Gasteiger partial charge in [0.25, 0.3) is 0 Å². The maximum atomic E-state index is 6.84. The lowest BCUT2D eigenvalue weighted by Crippen LogP contribution is -1.38. The summed E-state index contributed by atoms with van der Waals surface area (Å²) in [5.41, 5.74) is 0. The van der Waals surface area contributed by atoms with Crippen LogP contribution in [-0.2, 0) is 0 Å². The van der Waals surface area contributed by atoms with E-state index in [2.05, 4.69) is 4.98 Å². The van der Waals surface area contributed by atoms with E-state index in [1.807, 2.05) is 0 Å². The molecular formula is C4H5N. The second-order valence-corrected chi connectivity index (χ2v) is 0.811. The smallest absolute Gasteiger partial charge is 0.0639 e. The summed E-state index contributed by atoms with van der Waals surface area (Å²) in [6.45, 7) is 0. The highest BCUT2D eigenvalue weighted by Crippen LogP contribution is 1.72. The maximum absolute atomic E-state index is 6.84. The molecule has 1 nitrogen and oxygen atoms in total. The van der Waals surface area contributed by atoms with Gasteiger partial charge in [0.2, 0.25) is 0 Å². The number of hydrogen-bond acceptors (Lipinski definition) is 0. The highest BCUT2D eigenvalue weighted by molar-refractivity contribution is 4.84. The fourth-order valence-corrected chi connectivity index (χ4v) is 0.241. The van der Waals surface area contributed by atoms with Crippen LogP contribution >= 0.6 is 0 Å². The number of nitrogens with one attached hydrogen (secondary N) is 1. The lowest BCUT2D eigenvalue weighted by Gasteiger charge is -1.49. The number of hydrogen-bond donors (Lipinski definition) is 1. The Kier molecular flexibility index (Phi) is 0.307. The lowest BCUT2D eigenvalue weighted by atomic mass is 10.7. The van der Waals surface area contributed by atoms with Crippen LogP contribution in [0.4, 0.5) is 0 Å². The van der Waals surface area contributed by atoms with Crippen LogP contribution in [-0.4, -0.2) is 4.98 Å². The Bertz CT molecular complexity index is 111. The predicted octanol–water partition coefficient (Wildman–Crippen LogP) is 1.01. The van der Waals surface area contributed by atoms with Crippen molar-refractivity contribution in [1.82, 2.24) is 4.98 Å². The summed E-state index contributed by atoms with van der Waals surface area (Å²) < 4.78 is 6.84. The average molecular weight is 68.1 g/mol. The Balaban J connectivity index is 3.05. The van der Waals surface area contributed by atoms with Crippen molar-refractivity contribution in [2.45, 2.75) is 0 Å². The van der Waals surface area contributed by atoms with E-state index in [0.29, 0.717) is 6.04 Å². The van der Waals surface area contributed by atoms with Crippen LogP contribution in [0.3, 0.4) is 0 Å². The van der Waals surface area contributed by atoms with Gasteiger partial charge in [-0.25, -0.2) is 0 Å². The zero-order chi connectivity index (χ0) is 4.41. The molecule has 0 aromatic carbocycles. The summed E-state index contributed by atoms with van der Waals surface area (Å²) in [5.74, 6) is 0. The Morgan fingerprint density at radius 3 is 2.80 bits per heavy atom. The molecule has 0 aliphatic heterocycles. The molecule has 0 saturated carbocycles. The molecule has 1 aromatic rings. The predicted molar refractivity (Wildman–Crippen MR) is 20.8 cm³/mol. The van der Waals surface area contributed by atoms with Crippen molar-refractivity contribution in [3.05, 3.63) is 24.5 Å². The van der Waals surface area contributed by atoms with Crippen LogP contribution in [0.1, 0.15) is 1.37 Å². The van der Waals surface area contributed by atoms with Crippen LogP contribution in [0.15, 0.2) is 24.5 Å². The molecule has 0 spiro atoms. The Morgan fingerprint density at radius 2 is 2.60 bits per heavy atom. The normalized spacial score (nSPS) is 10.8. The second-order valence-electron chi connectivity index (χ2n) is 0.811. The lowest BCUT2D eigenvalue weighted by molar-refractivity contribution is 1.42. The van der Waals surface area contributed by atoms with Crippen molar-refractivity contribution in [3.63, 3.8) is 0 Å². The van der Waals surface area contributed by atoms with Gasteiger partial charge in [0.1, 0.15) is 0 Å². The van der Waals surface area contributed by atoms with Gasteiger partial charge in [-0.15, -0.1) is 0 Å².